The van der Waals surface area contributed by atoms with Gasteiger partial charge in [0.25, 0.3) is 0 Å². The van der Waals surface area contributed by atoms with Gasteiger partial charge >= 0.3 is 0 Å². The van der Waals surface area contributed by atoms with Crippen molar-refractivity contribution < 1.29 is 22.7 Å². The predicted molar refractivity (Wildman–Crippen MR) is 159 cm³/mol. The highest BCUT2D eigenvalue weighted by Gasteiger charge is 2.34. The summed E-state index contributed by atoms with van der Waals surface area (Å²) in [7, 11) is -2.45. The third kappa shape index (κ3) is 8.58. The lowest BCUT2D eigenvalue weighted by molar-refractivity contribution is -0.140. The van der Waals surface area contributed by atoms with E-state index >= 15 is 0 Å². The van der Waals surface area contributed by atoms with E-state index in [0.29, 0.717) is 5.75 Å². The molecule has 0 aliphatic rings. The van der Waals surface area contributed by atoms with Crippen molar-refractivity contribution in [3.05, 3.63) is 95.6 Å². The van der Waals surface area contributed by atoms with Crippen LogP contribution in [0, 0.1) is 6.92 Å². The first-order valence-electron chi connectivity index (χ1n) is 13.1. The van der Waals surface area contributed by atoms with Crippen LogP contribution >= 0.6 is 0 Å². The molecule has 0 aliphatic carbocycles. The van der Waals surface area contributed by atoms with Crippen LogP contribution in [-0.2, 0) is 32.6 Å². The van der Waals surface area contributed by atoms with Crippen LogP contribution in [0.15, 0.2) is 78.9 Å². The summed E-state index contributed by atoms with van der Waals surface area (Å²) in [6, 6.07) is 23.1. The second-order valence-corrected chi connectivity index (χ2v) is 12.8. The summed E-state index contributed by atoms with van der Waals surface area (Å²) in [4.78, 5) is 29.4. The molecule has 8 nitrogen and oxygen atoms in total. The van der Waals surface area contributed by atoms with E-state index in [1.54, 1.807) is 18.2 Å². The number of hydrogen-bond donors (Lipinski definition) is 1. The molecule has 40 heavy (non-hydrogen) atoms. The number of rotatable bonds is 11. The van der Waals surface area contributed by atoms with Crippen molar-refractivity contribution in [2.24, 2.45) is 0 Å². The Balaban J connectivity index is 2.10. The number of carbonyl (C=O) groups is 2. The number of carbonyl (C=O) groups excluding carboxylic acids is 2. The van der Waals surface area contributed by atoms with Crippen molar-refractivity contribution in [1.82, 2.24) is 10.2 Å². The van der Waals surface area contributed by atoms with Crippen LogP contribution in [0.25, 0.3) is 0 Å². The Morgan fingerprint density at radius 2 is 1.50 bits per heavy atom. The first kappa shape index (κ1) is 30.7. The van der Waals surface area contributed by atoms with Gasteiger partial charge in [-0.1, -0.05) is 66.7 Å². The molecule has 3 rings (SSSR count). The lowest BCUT2D eigenvalue weighted by Gasteiger charge is -2.35. The Kier molecular flexibility index (Phi) is 9.98. The molecule has 2 amide bonds. The number of hydrogen-bond acceptors (Lipinski definition) is 5. The summed E-state index contributed by atoms with van der Waals surface area (Å²) in [5, 5.41) is 3.02. The van der Waals surface area contributed by atoms with E-state index in [0.717, 1.165) is 27.3 Å². The molecule has 0 heterocycles. The maximum atomic E-state index is 14.2. The highest BCUT2D eigenvalue weighted by atomic mass is 32.2. The van der Waals surface area contributed by atoms with E-state index < -0.39 is 34.1 Å². The Hall–Kier alpha value is -3.85. The molecule has 1 N–H and O–H groups in total. The topological polar surface area (TPSA) is 96.0 Å². The molecule has 0 aromatic heterocycles. The van der Waals surface area contributed by atoms with E-state index in [2.05, 4.69) is 5.32 Å². The average molecular weight is 566 g/mol. The van der Waals surface area contributed by atoms with Gasteiger partial charge in [-0.3, -0.25) is 13.9 Å². The summed E-state index contributed by atoms with van der Waals surface area (Å²) >= 11 is 0. The number of nitrogens with zero attached hydrogens (tertiary/aromatic N) is 2. The number of aryl methyl sites for hydroxylation is 1. The molecule has 0 saturated carbocycles. The summed E-state index contributed by atoms with van der Waals surface area (Å²) in [5.74, 6) is -0.507. The van der Waals surface area contributed by atoms with E-state index in [1.807, 2.05) is 88.4 Å². The molecule has 3 aromatic carbocycles. The monoisotopic (exact) mass is 565 g/mol. The van der Waals surface area contributed by atoms with Crippen LogP contribution in [0.5, 0.6) is 5.75 Å². The van der Waals surface area contributed by atoms with Crippen LogP contribution in [0.2, 0.25) is 0 Å². The van der Waals surface area contributed by atoms with Crippen molar-refractivity contribution in [3.63, 3.8) is 0 Å². The van der Waals surface area contributed by atoms with Gasteiger partial charge in [0.15, 0.2) is 0 Å². The number of sulfonamides is 1. The fourth-order valence-electron chi connectivity index (χ4n) is 4.38. The molecular weight excluding hydrogens is 526 g/mol. The Morgan fingerprint density at radius 3 is 2.02 bits per heavy atom. The van der Waals surface area contributed by atoms with Crippen LogP contribution in [0.4, 0.5) is 5.69 Å². The van der Waals surface area contributed by atoms with Crippen LogP contribution in [-0.4, -0.2) is 56.6 Å². The molecular formula is C31H39N3O5S. The van der Waals surface area contributed by atoms with Crippen molar-refractivity contribution in [2.75, 3.05) is 24.2 Å². The highest BCUT2D eigenvalue weighted by Crippen LogP contribution is 2.31. The van der Waals surface area contributed by atoms with E-state index in [9.17, 15) is 18.0 Å². The van der Waals surface area contributed by atoms with Gasteiger partial charge in [-0.2, -0.15) is 0 Å². The highest BCUT2D eigenvalue weighted by molar-refractivity contribution is 7.92. The molecule has 1 atom stereocenters. The van der Waals surface area contributed by atoms with E-state index in [4.69, 9.17) is 4.74 Å². The van der Waals surface area contributed by atoms with Crippen molar-refractivity contribution in [2.45, 2.75) is 52.2 Å². The largest absolute Gasteiger partial charge is 0.495 e. The molecule has 0 aliphatic heterocycles. The number of methoxy groups -OCH3 is 1. The minimum absolute atomic E-state index is 0.122. The van der Waals surface area contributed by atoms with Crippen molar-refractivity contribution in [1.29, 1.82) is 0 Å². The molecule has 3 aromatic rings. The third-order valence-corrected chi connectivity index (χ3v) is 7.37. The number of ether oxygens (including phenoxy) is 1. The van der Waals surface area contributed by atoms with Gasteiger partial charge < -0.3 is 15.0 Å². The van der Waals surface area contributed by atoms with Gasteiger partial charge in [0.05, 0.1) is 19.1 Å². The second kappa shape index (κ2) is 13.0. The van der Waals surface area contributed by atoms with Gasteiger partial charge in [-0.15, -0.1) is 0 Å². The molecule has 0 radical (unpaired) electrons. The van der Waals surface area contributed by atoms with Crippen LogP contribution < -0.4 is 14.4 Å². The Morgan fingerprint density at radius 1 is 0.925 bits per heavy atom. The van der Waals surface area contributed by atoms with Crippen molar-refractivity contribution in [3.8, 4) is 5.75 Å². The summed E-state index contributed by atoms with van der Waals surface area (Å²) in [6.45, 7) is 7.09. The number of nitrogens with one attached hydrogen (secondary N) is 1. The molecule has 0 fully saturated rings. The zero-order valence-corrected chi connectivity index (χ0v) is 24.9. The molecule has 214 valence electrons. The molecule has 0 saturated heterocycles. The predicted octanol–water partition coefficient (Wildman–Crippen LogP) is 4.32. The quantitative estimate of drug-likeness (QED) is 0.374. The fourth-order valence-corrected chi connectivity index (χ4v) is 5.22. The van der Waals surface area contributed by atoms with E-state index in [1.165, 1.54) is 12.0 Å². The molecule has 0 spiro atoms. The Bertz CT molecular complexity index is 1400. The van der Waals surface area contributed by atoms with Gasteiger partial charge in [-0.05, 0) is 56.5 Å². The van der Waals surface area contributed by atoms with Gasteiger partial charge in [0.2, 0.25) is 21.8 Å². The summed E-state index contributed by atoms with van der Waals surface area (Å²) in [6.07, 6.45) is 1.31. The van der Waals surface area contributed by atoms with Gasteiger partial charge in [0, 0.05) is 18.5 Å². The lowest BCUT2D eigenvalue weighted by atomic mass is 10.0. The molecule has 0 bridgehead atoms. The number of amides is 2. The smallest absolute Gasteiger partial charge is 0.244 e. The minimum Gasteiger partial charge on any atom is -0.495 e. The first-order chi connectivity index (χ1) is 18.8. The maximum Gasteiger partial charge on any atom is 0.244 e. The van der Waals surface area contributed by atoms with E-state index in [-0.39, 0.29) is 24.6 Å². The summed E-state index contributed by atoms with van der Waals surface area (Å²) in [5.41, 5.74) is 2.22. The first-order valence-corrected chi connectivity index (χ1v) is 14.9. The summed E-state index contributed by atoms with van der Waals surface area (Å²) < 4.78 is 32.5. The molecule has 1 unspecified atom stereocenters. The fraction of sp³-hybridized carbons (Fsp3) is 0.355. The number of anilines is 1. The lowest BCUT2D eigenvalue weighted by Crippen LogP contribution is -2.56. The maximum absolute atomic E-state index is 14.2. The van der Waals surface area contributed by atoms with Crippen LogP contribution in [0.3, 0.4) is 0 Å². The van der Waals surface area contributed by atoms with Crippen molar-refractivity contribution >= 4 is 27.5 Å². The normalized spacial score (nSPS) is 12.3. The Labute approximate surface area is 238 Å². The second-order valence-electron chi connectivity index (χ2n) is 10.9. The SMILES string of the molecule is COc1ccc(C)cc1N(CC(=O)N(Cc1ccccc1)C(Cc1ccccc1)C(=O)NC(C)(C)C)S(C)(=O)=O. The van der Waals surface area contributed by atoms with Crippen LogP contribution in [0.1, 0.15) is 37.5 Å². The van der Waals surface area contributed by atoms with Gasteiger partial charge in [-0.25, -0.2) is 8.42 Å². The zero-order valence-electron chi connectivity index (χ0n) is 24.0. The average Bonchev–Trinajstić information content (AvgIpc) is 2.88. The minimum atomic E-state index is -3.90. The standard InChI is InChI=1S/C31H39N3O5S/c1-23-17-18-28(39-5)26(19-23)34(40(6,37)38)22-29(35)33(21-25-15-11-8-12-16-25)27(30(36)32-31(2,3)4)20-24-13-9-7-10-14-24/h7-19,27H,20-22H2,1-6H3,(H,32,36). The molecule has 9 heteroatoms. The van der Waals surface area contributed by atoms with Gasteiger partial charge in [0.1, 0.15) is 18.3 Å². The zero-order chi connectivity index (χ0) is 29.5. The number of benzene rings is 3. The third-order valence-electron chi connectivity index (χ3n) is 6.25.